The van der Waals surface area contributed by atoms with Gasteiger partial charge in [0.15, 0.2) is 0 Å². The van der Waals surface area contributed by atoms with E-state index < -0.39 is 0 Å². The van der Waals surface area contributed by atoms with Crippen molar-refractivity contribution in [3.05, 3.63) is 10.1 Å². The highest BCUT2D eigenvalue weighted by Crippen LogP contribution is 2.14. The van der Waals surface area contributed by atoms with Crippen LogP contribution in [0.15, 0.2) is 10.1 Å². The summed E-state index contributed by atoms with van der Waals surface area (Å²) in [6.07, 6.45) is 0. The van der Waals surface area contributed by atoms with Gasteiger partial charge >= 0.3 is 0 Å². The molecular formula is C5H7Cl3O. The first-order valence-electron chi connectivity index (χ1n) is 2.30. The first-order chi connectivity index (χ1) is 4.22. The van der Waals surface area contributed by atoms with Crippen LogP contribution in [0.25, 0.3) is 0 Å². The van der Waals surface area contributed by atoms with Crippen LogP contribution in [0.4, 0.5) is 0 Å². The minimum Gasteiger partial charge on any atom is -0.379 e. The lowest BCUT2D eigenvalue weighted by atomic mass is 10.5. The van der Waals surface area contributed by atoms with Crippen molar-refractivity contribution in [2.45, 2.75) is 0 Å². The molecule has 0 aromatic rings. The molecule has 0 saturated carbocycles. The van der Waals surface area contributed by atoms with Gasteiger partial charge < -0.3 is 4.74 Å². The van der Waals surface area contributed by atoms with Gasteiger partial charge in [0, 0.05) is 12.1 Å². The maximum absolute atomic E-state index is 5.57. The Kier molecular flexibility index (Phi) is 5.70. The topological polar surface area (TPSA) is 9.23 Å². The maximum atomic E-state index is 5.57. The monoisotopic (exact) mass is 188 g/mol. The standard InChI is InChI=1S/C5H7Cl3O/c1-9-3-5(8)4(7)2-6/h2-3H2,1H3/b5-4+. The zero-order valence-electron chi connectivity index (χ0n) is 4.96. The first kappa shape index (κ1) is 9.57. The van der Waals surface area contributed by atoms with Gasteiger partial charge in [-0.1, -0.05) is 23.2 Å². The summed E-state index contributed by atoms with van der Waals surface area (Å²) in [5.74, 6) is 0.240. The average molecular weight is 189 g/mol. The van der Waals surface area contributed by atoms with Crippen molar-refractivity contribution in [2.24, 2.45) is 0 Å². The zero-order chi connectivity index (χ0) is 7.28. The Labute approximate surface area is 69.5 Å². The molecule has 4 heteroatoms. The van der Waals surface area contributed by atoms with Gasteiger partial charge in [0.05, 0.1) is 17.5 Å². The normalized spacial score (nSPS) is 13.3. The zero-order valence-corrected chi connectivity index (χ0v) is 7.22. The van der Waals surface area contributed by atoms with Crippen molar-refractivity contribution in [1.29, 1.82) is 0 Å². The summed E-state index contributed by atoms with van der Waals surface area (Å²) in [6, 6.07) is 0. The quantitative estimate of drug-likeness (QED) is 0.620. The molecule has 0 aliphatic rings. The van der Waals surface area contributed by atoms with Crippen molar-refractivity contribution < 1.29 is 4.74 Å². The number of methoxy groups -OCH3 is 1. The molecule has 0 unspecified atom stereocenters. The Morgan fingerprint density at radius 3 is 2.22 bits per heavy atom. The van der Waals surface area contributed by atoms with Crippen LogP contribution >= 0.6 is 34.8 Å². The fourth-order valence-electron chi connectivity index (χ4n) is 0.278. The number of halogens is 3. The molecule has 54 valence electrons. The summed E-state index contributed by atoms with van der Waals surface area (Å²) in [5, 5.41) is 0.911. The first-order valence-corrected chi connectivity index (χ1v) is 3.59. The Bertz CT molecular complexity index is 111. The van der Waals surface area contributed by atoms with Gasteiger partial charge in [-0.25, -0.2) is 0 Å². The summed E-state index contributed by atoms with van der Waals surface area (Å²) >= 11 is 16.5. The molecule has 0 aliphatic heterocycles. The summed E-state index contributed by atoms with van der Waals surface area (Å²) in [5.41, 5.74) is 0. The van der Waals surface area contributed by atoms with Gasteiger partial charge in [-0.05, 0) is 0 Å². The lowest BCUT2D eigenvalue weighted by Gasteiger charge is -1.97. The van der Waals surface area contributed by atoms with Gasteiger partial charge in [-0.2, -0.15) is 0 Å². The number of hydrogen-bond donors (Lipinski definition) is 0. The molecule has 0 rings (SSSR count). The third kappa shape index (κ3) is 4.04. The van der Waals surface area contributed by atoms with Crippen molar-refractivity contribution >= 4 is 34.8 Å². The van der Waals surface area contributed by atoms with E-state index in [1.54, 1.807) is 7.11 Å². The van der Waals surface area contributed by atoms with Gasteiger partial charge in [-0.15, -0.1) is 11.6 Å². The highest BCUT2D eigenvalue weighted by atomic mass is 35.5. The molecule has 0 radical (unpaired) electrons. The highest BCUT2D eigenvalue weighted by Gasteiger charge is 1.97. The predicted octanol–water partition coefficient (Wildman–Crippen LogP) is 2.56. The van der Waals surface area contributed by atoms with Crippen molar-refractivity contribution in [3.63, 3.8) is 0 Å². The largest absolute Gasteiger partial charge is 0.379 e. The van der Waals surface area contributed by atoms with Crippen LogP contribution in [-0.2, 0) is 4.74 Å². The molecule has 0 bridgehead atoms. The van der Waals surface area contributed by atoms with Crippen molar-refractivity contribution in [2.75, 3.05) is 19.6 Å². The van der Waals surface area contributed by atoms with Gasteiger partial charge in [0.1, 0.15) is 0 Å². The number of allylic oxidation sites excluding steroid dienone is 1. The molecule has 9 heavy (non-hydrogen) atoms. The molecular weight excluding hydrogens is 182 g/mol. The van der Waals surface area contributed by atoms with E-state index in [9.17, 15) is 0 Å². The van der Waals surface area contributed by atoms with Crippen LogP contribution in [-0.4, -0.2) is 19.6 Å². The van der Waals surface area contributed by atoms with Crippen LogP contribution in [0.2, 0.25) is 0 Å². The second-order valence-corrected chi connectivity index (χ2v) is 2.56. The number of hydrogen-bond acceptors (Lipinski definition) is 1. The molecule has 0 fully saturated rings. The second kappa shape index (κ2) is 5.36. The molecule has 0 amide bonds. The van der Waals surface area contributed by atoms with E-state index >= 15 is 0 Å². The smallest absolute Gasteiger partial charge is 0.0831 e. The molecule has 0 N–H and O–H groups in total. The van der Waals surface area contributed by atoms with Crippen LogP contribution in [0.1, 0.15) is 0 Å². The van der Waals surface area contributed by atoms with E-state index in [1.807, 2.05) is 0 Å². The summed E-state index contributed by atoms with van der Waals surface area (Å²) in [6.45, 7) is 0.326. The summed E-state index contributed by atoms with van der Waals surface area (Å²) in [4.78, 5) is 0. The summed E-state index contributed by atoms with van der Waals surface area (Å²) in [7, 11) is 1.54. The van der Waals surface area contributed by atoms with Gasteiger partial charge in [-0.3, -0.25) is 0 Å². The molecule has 0 saturated heterocycles. The number of rotatable bonds is 3. The fraction of sp³-hybridized carbons (Fsp3) is 0.600. The SMILES string of the molecule is COC/C(Cl)=C(\Cl)CCl. The summed E-state index contributed by atoms with van der Waals surface area (Å²) < 4.78 is 4.69. The minimum absolute atomic E-state index is 0.240. The minimum atomic E-state index is 0.240. The molecule has 0 aromatic heterocycles. The molecule has 0 aliphatic carbocycles. The van der Waals surface area contributed by atoms with Crippen molar-refractivity contribution in [3.8, 4) is 0 Å². The van der Waals surface area contributed by atoms with Gasteiger partial charge in [0.25, 0.3) is 0 Å². The Balaban J connectivity index is 3.78. The Morgan fingerprint density at radius 2 is 1.89 bits per heavy atom. The lowest BCUT2D eigenvalue weighted by molar-refractivity contribution is 0.230. The van der Waals surface area contributed by atoms with E-state index in [-0.39, 0.29) is 5.88 Å². The predicted molar refractivity (Wildman–Crippen MR) is 41.3 cm³/mol. The van der Waals surface area contributed by atoms with E-state index in [0.717, 1.165) is 0 Å². The number of ether oxygens (including phenoxy) is 1. The number of alkyl halides is 1. The van der Waals surface area contributed by atoms with Crippen LogP contribution in [0, 0.1) is 0 Å². The second-order valence-electron chi connectivity index (χ2n) is 1.38. The van der Waals surface area contributed by atoms with E-state index in [4.69, 9.17) is 39.5 Å². The molecule has 0 aromatic carbocycles. The van der Waals surface area contributed by atoms with Gasteiger partial charge in [0.2, 0.25) is 0 Å². The van der Waals surface area contributed by atoms with E-state index in [0.29, 0.717) is 16.7 Å². The lowest BCUT2D eigenvalue weighted by Crippen LogP contribution is -1.90. The van der Waals surface area contributed by atoms with Crippen LogP contribution in [0.3, 0.4) is 0 Å². The average Bonchev–Trinajstić information content (AvgIpc) is 1.87. The molecule has 0 heterocycles. The Hall–Kier alpha value is 0.570. The molecule has 0 atom stereocenters. The highest BCUT2D eigenvalue weighted by molar-refractivity contribution is 6.42. The third-order valence-electron chi connectivity index (χ3n) is 0.683. The van der Waals surface area contributed by atoms with Crippen LogP contribution < -0.4 is 0 Å². The fourth-order valence-corrected chi connectivity index (χ4v) is 0.738. The van der Waals surface area contributed by atoms with E-state index in [2.05, 4.69) is 0 Å². The molecule has 1 nitrogen and oxygen atoms in total. The Morgan fingerprint density at radius 1 is 1.33 bits per heavy atom. The maximum Gasteiger partial charge on any atom is 0.0831 e. The van der Waals surface area contributed by atoms with Crippen molar-refractivity contribution in [1.82, 2.24) is 0 Å². The molecule has 0 spiro atoms. The van der Waals surface area contributed by atoms with Crippen LogP contribution in [0.5, 0.6) is 0 Å². The third-order valence-corrected chi connectivity index (χ3v) is 1.88. The van der Waals surface area contributed by atoms with E-state index in [1.165, 1.54) is 0 Å².